The van der Waals surface area contributed by atoms with Gasteiger partial charge in [0.15, 0.2) is 0 Å². The summed E-state index contributed by atoms with van der Waals surface area (Å²) < 4.78 is 14.3. The van der Waals surface area contributed by atoms with Crippen molar-refractivity contribution in [2.45, 2.75) is 18.9 Å². The minimum Gasteiger partial charge on any atom is -0.339 e. The topological polar surface area (TPSA) is 32.3 Å². The van der Waals surface area contributed by atoms with Gasteiger partial charge in [-0.3, -0.25) is 4.79 Å². The van der Waals surface area contributed by atoms with Crippen molar-refractivity contribution in [3.8, 4) is 0 Å². The molecule has 0 unspecified atom stereocenters. The van der Waals surface area contributed by atoms with Crippen molar-refractivity contribution < 1.29 is 9.18 Å². The van der Waals surface area contributed by atoms with Crippen molar-refractivity contribution in [1.29, 1.82) is 0 Å². The Labute approximate surface area is 125 Å². The first-order valence-corrected chi connectivity index (χ1v) is 7.30. The van der Waals surface area contributed by atoms with Crippen molar-refractivity contribution in [3.05, 3.63) is 33.0 Å². The van der Waals surface area contributed by atoms with Gasteiger partial charge in [0.25, 0.3) is 5.91 Å². The monoisotopic (exact) mass is 348 g/mol. The van der Waals surface area contributed by atoms with E-state index in [0.717, 1.165) is 25.9 Å². The first kappa shape index (κ1) is 14.8. The molecule has 1 aliphatic rings. The molecule has 6 heteroatoms. The number of carbonyl (C=O) groups excluding carboxylic acids is 1. The zero-order valence-electron chi connectivity index (χ0n) is 10.5. The fourth-order valence-electron chi connectivity index (χ4n) is 2.24. The number of hydrogen-bond acceptors (Lipinski definition) is 2. The third kappa shape index (κ3) is 3.27. The fourth-order valence-corrected chi connectivity index (χ4v) is 2.72. The molecule has 0 spiro atoms. The Bertz CT molecular complexity index is 492. The molecule has 3 nitrogen and oxygen atoms in total. The summed E-state index contributed by atoms with van der Waals surface area (Å²) in [6.45, 7) is 1.76. The van der Waals surface area contributed by atoms with Crippen molar-refractivity contribution >= 4 is 33.4 Å². The lowest BCUT2D eigenvalue weighted by Gasteiger charge is -2.31. The molecule has 0 saturated carbocycles. The van der Waals surface area contributed by atoms with Crippen molar-refractivity contribution in [2.75, 3.05) is 20.1 Å². The van der Waals surface area contributed by atoms with Crippen LogP contribution < -0.4 is 5.32 Å². The largest absolute Gasteiger partial charge is 0.339 e. The van der Waals surface area contributed by atoms with Gasteiger partial charge >= 0.3 is 0 Å². The van der Waals surface area contributed by atoms with Crippen LogP contribution in [0.2, 0.25) is 5.02 Å². The van der Waals surface area contributed by atoms with Gasteiger partial charge < -0.3 is 10.2 Å². The van der Waals surface area contributed by atoms with E-state index in [0.29, 0.717) is 9.50 Å². The van der Waals surface area contributed by atoms with E-state index in [1.54, 1.807) is 11.9 Å². The van der Waals surface area contributed by atoms with Gasteiger partial charge in [-0.15, -0.1) is 0 Å². The minimum absolute atomic E-state index is 0.0224. The second-order valence-corrected chi connectivity index (χ2v) is 5.90. The van der Waals surface area contributed by atoms with E-state index in [1.807, 2.05) is 0 Å². The highest BCUT2D eigenvalue weighted by Gasteiger charge is 2.25. The van der Waals surface area contributed by atoms with Gasteiger partial charge in [-0.05, 0) is 54.0 Å². The maximum absolute atomic E-state index is 13.9. The second-order valence-electron chi connectivity index (χ2n) is 4.64. The Kier molecular flexibility index (Phi) is 4.81. The maximum Gasteiger partial charge on any atom is 0.256 e. The van der Waals surface area contributed by atoms with Crippen molar-refractivity contribution in [2.24, 2.45) is 0 Å². The van der Waals surface area contributed by atoms with Crippen LogP contribution in [0.15, 0.2) is 16.6 Å². The molecule has 0 aliphatic carbocycles. The minimum atomic E-state index is -0.554. The second kappa shape index (κ2) is 6.20. The lowest BCUT2D eigenvalue weighted by molar-refractivity contribution is 0.0698. The number of nitrogens with one attached hydrogen (secondary N) is 1. The van der Waals surface area contributed by atoms with E-state index in [9.17, 15) is 9.18 Å². The summed E-state index contributed by atoms with van der Waals surface area (Å²) in [5.41, 5.74) is 0.0224. The summed E-state index contributed by atoms with van der Waals surface area (Å²) in [6, 6.07) is 2.75. The van der Waals surface area contributed by atoms with Gasteiger partial charge in [0, 0.05) is 17.6 Å². The van der Waals surface area contributed by atoms with Crippen LogP contribution in [0.25, 0.3) is 0 Å². The highest BCUT2D eigenvalue weighted by atomic mass is 79.9. The van der Waals surface area contributed by atoms with Crippen LogP contribution in [-0.4, -0.2) is 37.0 Å². The molecular weight excluding hydrogens is 335 g/mol. The number of piperidine rings is 1. The molecule has 1 N–H and O–H groups in total. The maximum atomic E-state index is 13.9. The Morgan fingerprint density at radius 2 is 2.11 bits per heavy atom. The number of nitrogens with zero attached hydrogens (tertiary/aromatic N) is 1. The Morgan fingerprint density at radius 3 is 2.74 bits per heavy atom. The fraction of sp³-hybridized carbons (Fsp3) is 0.462. The number of rotatable bonds is 2. The zero-order valence-corrected chi connectivity index (χ0v) is 12.9. The number of benzene rings is 1. The first-order valence-electron chi connectivity index (χ1n) is 6.13. The van der Waals surface area contributed by atoms with E-state index in [1.165, 1.54) is 12.1 Å². The van der Waals surface area contributed by atoms with Crippen LogP contribution in [0.4, 0.5) is 4.39 Å². The van der Waals surface area contributed by atoms with Crippen LogP contribution in [0.1, 0.15) is 23.2 Å². The van der Waals surface area contributed by atoms with Gasteiger partial charge in [0.05, 0.1) is 10.6 Å². The van der Waals surface area contributed by atoms with Crippen LogP contribution in [0.5, 0.6) is 0 Å². The standard InChI is InChI=1S/C13H15BrClFN2O/c1-18(8-2-4-17-5-3-8)13(19)9-6-11(15)10(14)7-12(9)16/h6-8,17H,2-5H2,1H3. The van der Waals surface area contributed by atoms with Gasteiger partial charge in [0.1, 0.15) is 5.82 Å². The lowest BCUT2D eigenvalue weighted by Crippen LogP contribution is -2.44. The molecule has 1 amide bonds. The van der Waals surface area contributed by atoms with Crippen LogP contribution >= 0.6 is 27.5 Å². The lowest BCUT2D eigenvalue weighted by atomic mass is 10.0. The Morgan fingerprint density at radius 1 is 1.47 bits per heavy atom. The number of carbonyl (C=O) groups is 1. The van der Waals surface area contributed by atoms with Crippen LogP contribution in [0.3, 0.4) is 0 Å². The van der Waals surface area contributed by atoms with Crippen molar-refractivity contribution in [1.82, 2.24) is 10.2 Å². The Hall–Kier alpha value is -0.650. The summed E-state index contributed by atoms with van der Waals surface area (Å²) in [4.78, 5) is 13.9. The zero-order chi connectivity index (χ0) is 14.0. The van der Waals surface area contributed by atoms with Gasteiger partial charge in [0.2, 0.25) is 0 Å². The summed E-state index contributed by atoms with van der Waals surface area (Å²) in [5.74, 6) is -0.874. The van der Waals surface area contributed by atoms with E-state index in [-0.39, 0.29) is 17.5 Å². The van der Waals surface area contributed by atoms with Gasteiger partial charge in [-0.1, -0.05) is 11.6 Å². The third-order valence-electron chi connectivity index (χ3n) is 3.42. The summed E-state index contributed by atoms with van der Waals surface area (Å²) >= 11 is 9.06. The van der Waals surface area contributed by atoms with E-state index in [4.69, 9.17) is 11.6 Å². The highest BCUT2D eigenvalue weighted by Crippen LogP contribution is 2.27. The Balaban J connectivity index is 2.21. The average molecular weight is 350 g/mol. The molecule has 1 saturated heterocycles. The average Bonchev–Trinajstić information content (AvgIpc) is 2.42. The molecule has 0 radical (unpaired) electrons. The molecule has 1 aliphatic heterocycles. The molecular formula is C13H15BrClFN2O. The van der Waals surface area contributed by atoms with Gasteiger partial charge in [-0.2, -0.15) is 0 Å². The molecule has 1 fully saturated rings. The highest BCUT2D eigenvalue weighted by molar-refractivity contribution is 9.10. The normalized spacial score (nSPS) is 16.4. The molecule has 0 bridgehead atoms. The molecule has 1 aromatic carbocycles. The molecule has 19 heavy (non-hydrogen) atoms. The number of hydrogen-bond donors (Lipinski definition) is 1. The van der Waals surface area contributed by atoms with E-state index in [2.05, 4.69) is 21.2 Å². The predicted molar refractivity (Wildman–Crippen MR) is 77.1 cm³/mol. The van der Waals surface area contributed by atoms with Gasteiger partial charge in [-0.25, -0.2) is 4.39 Å². The SMILES string of the molecule is CN(C(=O)c1cc(Cl)c(Br)cc1F)C1CCNCC1. The summed E-state index contributed by atoms with van der Waals surface area (Å²) in [6.07, 6.45) is 1.77. The van der Waals surface area contributed by atoms with E-state index >= 15 is 0 Å². The third-order valence-corrected chi connectivity index (χ3v) is 4.61. The quantitative estimate of drug-likeness (QED) is 0.832. The molecule has 0 aromatic heterocycles. The summed E-state index contributed by atoms with van der Waals surface area (Å²) in [7, 11) is 1.72. The molecule has 2 rings (SSSR count). The summed E-state index contributed by atoms with van der Waals surface area (Å²) in [5, 5.41) is 3.57. The molecule has 104 valence electrons. The number of amides is 1. The molecule has 1 heterocycles. The smallest absolute Gasteiger partial charge is 0.256 e. The number of halogens is 3. The predicted octanol–water partition coefficient (Wildman–Crippen LogP) is 3.07. The van der Waals surface area contributed by atoms with E-state index < -0.39 is 5.82 Å². The molecule has 1 aromatic rings. The first-order chi connectivity index (χ1) is 9.00. The van der Waals surface area contributed by atoms with Crippen molar-refractivity contribution in [3.63, 3.8) is 0 Å². The molecule has 0 atom stereocenters. The van der Waals surface area contributed by atoms with Crippen LogP contribution in [0, 0.1) is 5.82 Å². The van der Waals surface area contributed by atoms with Crippen LogP contribution in [-0.2, 0) is 0 Å².